The molecule has 82 valence electrons. The summed E-state index contributed by atoms with van der Waals surface area (Å²) in [5, 5.41) is 2.29. The average Bonchev–Trinajstić information content (AvgIpc) is 2.13. The molecule has 1 rings (SSSR count). The number of carbonyl (C=O) groups excluding carboxylic acids is 1. The van der Waals surface area contributed by atoms with Crippen molar-refractivity contribution < 1.29 is 18.3 Å². The van der Waals surface area contributed by atoms with Crippen molar-refractivity contribution in [2.45, 2.75) is 13.5 Å². The fourth-order valence-electron chi connectivity index (χ4n) is 1.03. The van der Waals surface area contributed by atoms with Gasteiger partial charge in [-0.2, -0.15) is 8.78 Å². The molecule has 1 N–H and O–H groups in total. The number of halogens is 3. The van der Waals surface area contributed by atoms with Crippen molar-refractivity contribution in [2.24, 2.45) is 0 Å². The van der Waals surface area contributed by atoms with E-state index in [2.05, 4.69) is 26.0 Å². The summed E-state index contributed by atoms with van der Waals surface area (Å²) in [6, 6.07) is 2.92. The number of carbonyl (C=O) groups is 1. The summed E-state index contributed by atoms with van der Waals surface area (Å²) in [7, 11) is 0. The van der Waals surface area contributed by atoms with Crippen molar-refractivity contribution in [1.29, 1.82) is 0 Å². The first kappa shape index (κ1) is 11.9. The summed E-state index contributed by atoms with van der Waals surface area (Å²) in [4.78, 5) is 10.2. The summed E-state index contributed by atoms with van der Waals surface area (Å²) in [5.41, 5.74) is 1.02. The van der Waals surface area contributed by atoms with Crippen LogP contribution in [-0.4, -0.2) is 13.0 Å². The van der Waals surface area contributed by atoms with Gasteiger partial charge in [0.2, 0.25) is 6.41 Å². The highest BCUT2D eigenvalue weighted by Crippen LogP contribution is 2.32. The molecule has 3 nitrogen and oxygen atoms in total. The molecule has 0 aromatic heterocycles. The van der Waals surface area contributed by atoms with Gasteiger partial charge in [0, 0.05) is 4.47 Å². The second-order valence-corrected chi connectivity index (χ2v) is 3.59. The lowest BCUT2D eigenvalue weighted by atomic mass is 10.2. The molecule has 0 heterocycles. The molecule has 0 spiro atoms. The SMILES string of the molecule is Cc1cc(NC=O)c(OC(F)F)cc1Br. The molecular formula is C9H8BrF2NO2. The summed E-state index contributed by atoms with van der Waals surface area (Å²) in [6.07, 6.45) is 0.404. The molecule has 1 aromatic carbocycles. The van der Waals surface area contributed by atoms with Crippen molar-refractivity contribution in [2.75, 3.05) is 5.32 Å². The Labute approximate surface area is 93.5 Å². The molecule has 0 bridgehead atoms. The molecule has 0 aliphatic carbocycles. The zero-order chi connectivity index (χ0) is 11.4. The molecule has 0 saturated carbocycles. The number of rotatable bonds is 4. The van der Waals surface area contributed by atoms with E-state index < -0.39 is 6.61 Å². The van der Waals surface area contributed by atoms with Gasteiger partial charge in [-0.1, -0.05) is 15.9 Å². The van der Waals surface area contributed by atoms with Crippen molar-refractivity contribution in [1.82, 2.24) is 0 Å². The number of hydrogen-bond acceptors (Lipinski definition) is 2. The number of aryl methyl sites for hydroxylation is 1. The number of nitrogens with one attached hydrogen (secondary N) is 1. The van der Waals surface area contributed by atoms with Gasteiger partial charge in [-0.15, -0.1) is 0 Å². The van der Waals surface area contributed by atoms with Crippen molar-refractivity contribution >= 4 is 28.0 Å². The third-order valence-corrected chi connectivity index (χ3v) is 2.55. The van der Waals surface area contributed by atoms with Crippen LogP contribution in [0.5, 0.6) is 5.75 Å². The van der Waals surface area contributed by atoms with Crippen molar-refractivity contribution in [3.05, 3.63) is 22.2 Å². The maximum absolute atomic E-state index is 12.0. The molecule has 0 fully saturated rings. The van der Waals surface area contributed by atoms with Crippen molar-refractivity contribution in [3.8, 4) is 5.75 Å². The number of amides is 1. The Morgan fingerprint density at radius 2 is 2.20 bits per heavy atom. The van der Waals surface area contributed by atoms with Crippen LogP contribution >= 0.6 is 15.9 Å². The molecule has 6 heteroatoms. The van der Waals surface area contributed by atoms with Crippen LogP contribution < -0.4 is 10.1 Å². The summed E-state index contributed by atoms with van der Waals surface area (Å²) < 4.78 is 28.9. The zero-order valence-corrected chi connectivity index (χ0v) is 9.35. The molecular weight excluding hydrogens is 272 g/mol. The quantitative estimate of drug-likeness (QED) is 0.861. The monoisotopic (exact) mass is 279 g/mol. The molecule has 0 aliphatic rings. The Morgan fingerprint density at radius 1 is 1.53 bits per heavy atom. The molecule has 0 radical (unpaired) electrons. The normalized spacial score (nSPS) is 10.2. The van der Waals surface area contributed by atoms with Crippen LogP contribution in [0.15, 0.2) is 16.6 Å². The van der Waals surface area contributed by atoms with Gasteiger partial charge in [0.1, 0.15) is 0 Å². The third-order valence-electron chi connectivity index (χ3n) is 1.69. The molecule has 1 aromatic rings. The largest absolute Gasteiger partial charge is 0.433 e. The molecule has 0 aliphatic heterocycles. The van der Waals surface area contributed by atoms with Gasteiger partial charge in [-0.25, -0.2) is 0 Å². The standard InChI is InChI=1S/C9H8BrF2NO2/c1-5-2-7(13-4-14)8(3-6(5)10)15-9(11)12/h2-4,9H,1H3,(H,13,14). The first-order valence-electron chi connectivity index (χ1n) is 3.99. The van der Waals surface area contributed by atoms with Gasteiger partial charge >= 0.3 is 6.61 Å². The number of alkyl halides is 2. The number of anilines is 1. The minimum atomic E-state index is -2.92. The second kappa shape index (κ2) is 5.06. The number of ether oxygens (including phenoxy) is 1. The Balaban J connectivity index is 3.09. The van der Waals surface area contributed by atoms with E-state index in [4.69, 9.17) is 0 Å². The van der Waals surface area contributed by atoms with Crippen LogP contribution in [0.2, 0.25) is 0 Å². The maximum atomic E-state index is 12.0. The summed E-state index contributed by atoms with van der Waals surface area (Å²) in [6.45, 7) is -1.15. The highest BCUT2D eigenvalue weighted by Gasteiger charge is 2.11. The fourth-order valence-corrected chi connectivity index (χ4v) is 1.36. The van der Waals surface area contributed by atoms with E-state index in [1.807, 2.05) is 0 Å². The number of benzene rings is 1. The Bertz CT molecular complexity index is 371. The molecule has 0 saturated heterocycles. The molecule has 1 amide bonds. The minimum absolute atomic E-state index is 0.0745. The lowest BCUT2D eigenvalue weighted by Crippen LogP contribution is -2.06. The van der Waals surface area contributed by atoms with E-state index in [-0.39, 0.29) is 11.4 Å². The highest BCUT2D eigenvalue weighted by molar-refractivity contribution is 9.10. The van der Waals surface area contributed by atoms with Gasteiger partial charge in [0.15, 0.2) is 5.75 Å². The number of hydrogen-bond donors (Lipinski definition) is 1. The lowest BCUT2D eigenvalue weighted by Gasteiger charge is -2.11. The summed E-state index contributed by atoms with van der Waals surface area (Å²) >= 11 is 3.18. The van der Waals surface area contributed by atoms with Crippen LogP contribution in [0.25, 0.3) is 0 Å². The average molecular weight is 280 g/mol. The van der Waals surface area contributed by atoms with Gasteiger partial charge in [0.05, 0.1) is 5.69 Å². The topological polar surface area (TPSA) is 38.3 Å². The van der Waals surface area contributed by atoms with Crippen LogP contribution in [0.4, 0.5) is 14.5 Å². The van der Waals surface area contributed by atoms with Crippen LogP contribution in [-0.2, 0) is 4.79 Å². The smallest absolute Gasteiger partial charge is 0.387 e. The Hall–Kier alpha value is -1.17. The molecule has 15 heavy (non-hydrogen) atoms. The van der Waals surface area contributed by atoms with E-state index in [0.717, 1.165) is 5.56 Å². The third kappa shape index (κ3) is 3.16. The fraction of sp³-hybridized carbons (Fsp3) is 0.222. The van der Waals surface area contributed by atoms with E-state index in [9.17, 15) is 13.6 Å². The van der Waals surface area contributed by atoms with Gasteiger partial charge in [0.25, 0.3) is 0 Å². The first-order valence-corrected chi connectivity index (χ1v) is 4.79. The Kier molecular flexibility index (Phi) is 4.02. The van der Waals surface area contributed by atoms with E-state index in [0.29, 0.717) is 10.9 Å². The van der Waals surface area contributed by atoms with Gasteiger partial charge < -0.3 is 10.1 Å². The zero-order valence-electron chi connectivity index (χ0n) is 7.76. The van der Waals surface area contributed by atoms with Crippen LogP contribution in [0.3, 0.4) is 0 Å². The van der Waals surface area contributed by atoms with Crippen LogP contribution in [0.1, 0.15) is 5.56 Å². The maximum Gasteiger partial charge on any atom is 0.387 e. The summed E-state index contributed by atoms with van der Waals surface area (Å²) in [5.74, 6) is -0.0745. The van der Waals surface area contributed by atoms with E-state index >= 15 is 0 Å². The van der Waals surface area contributed by atoms with E-state index in [1.165, 1.54) is 12.1 Å². The molecule has 0 unspecified atom stereocenters. The predicted molar refractivity (Wildman–Crippen MR) is 55.2 cm³/mol. The van der Waals surface area contributed by atoms with Crippen LogP contribution in [0, 0.1) is 6.92 Å². The second-order valence-electron chi connectivity index (χ2n) is 2.74. The predicted octanol–water partition coefficient (Wildman–Crippen LogP) is 2.93. The van der Waals surface area contributed by atoms with Gasteiger partial charge in [-0.3, -0.25) is 4.79 Å². The lowest BCUT2D eigenvalue weighted by molar-refractivity contribution is -0.105. The van der Waals surface area contributed by atoms with Crippen molar-refractivity contribution in [3.63, 3.8) is 0 Å². The van der Waals surface area contributed by atoms with Gasteiger partial charge in [-0.05, 0) is 24.6 Å². The Morgan fingerprint density at radius 3 is 2.73 bits per heavy atom. The molecule has 0 atom stereocenters. The first-order chi connectivity index (χ1) is 7.04. The van der Waals surface area contributed by atoms with E-state index in [1.54, 1.807) is 6.92 Å². The minimum Gasteiger partial charge on any atom is -0.433 e. The highest BCUT2D eigenvalue weighted by atomic mass is 79.9.